The Morgan fingerprint density at radius 3 is 2.58 bits per heavy atom. The highest BCUT2D eigenvalue weighted by Gasteiger charge is 2.03. The van der Waals surface area contributed by atoms with Crippen LogP contribution < -0.4 is 5.32 Å². The minimum Gasteiger partial charge on any atom is -0.318 e. The van der Waals surface area contributed by atoms with Gasteiger partial charge in [0.2, 0.25) is 0 Å². The van der Waals surface area contributed by atoms with Crippen LogP contribution in [0, 0.1) is 5.92 Å². The van der Waals surface area contributed by atoms with Crippen molar-refractivity contribution in [1.82, 2.24) is 10.2 Å². The average molecular weight is 170 g/mol. The summed E-state index contributed by atoms with van der Waals surface area (Å²) in [7, 11) is 1.99. The smallest absolute Gasteiger partial charge is 0.0161 e. The van der Waals surface area contributed by atoms with Crippen LogP contribution in [0.25, 0.3) is 0 Å². The molecule has 0 bridgehead atoms. The highest BCUT2D eigenvalue weighted by atomic mass is 15.1. The van der Waals surface area contributed by atoms with Gasteiger partial charge in [0, 0.05) is 26.2 Å². The van der Waals surface area contributed by atoms with Crippen molar-refractivity contribution < 1.29 is 0 Å². The maximum Gasteiger partial charge on any atom is 0.0161 e. The topological polar surface area (TPSA) is 15.3 Å². The van der Waals surface area contributed by atoms with Gasteiger partial charge in [-0.1, -0.05) is 19.9 Å². The molecule has 0 aliphatic carbocycles. The first kappa shape index (κ1) is 11.7. The summed E-state index contributed by atoms with van der Waals surface area (Å²) in [5.41, 5.74) is 0. The molecule has 0 aromatic carbocycles. The third-order valence-electron chi connectivity index (χ3n) is 1.69. The largest absolute Gasteiger partial charge is 0.318 e. The lowest BCUT2D eigenvalue weighted by Gasteiger charge is -2.22. The Bertz CT molecular complexity index is 110. The van der Waals surface area contributed by atoms with E-state index in [0.717, 1.165) is 32.1 Å². The van der Waals surface area contributed by atoms with Crippen LogP contribution in [0.2, 0.25) is 0 Å². The third-order valence-corrected chi connectivity index (χ3v) is 1.69. The van der Waals surface area contributed by atoms with E-state index in [4.69, 9.17) is 0 Å². The van der Waals surface area contributed by atoms with E-state index >= 15 is 0 Å². The van der Waals surface area contributed by atoms with Gasteiger partial charge in [0.1, 0.15) is 0 Å². The fourth-order valence-corrected chi connectivity index (χ4v) is 1.23. The molecule has 2 nitrogen and oxygen atoms in total. The molecule has 0 aromatic rings. The standard InChI is InChI=1S/C10H22N2/c1-5-7-12(8-6-11-4)9-10(2)3/h5,10-11H,1,6-9H2,2-4H3. The summed E-state index contributed by atoms with van der Waals surface area (Å²) in [6, 6.07) is 0. The van der Waals surface area contributed by atoms with Crippen LogP contribution in [0.4, 0.5) is 0 Å². The summed E-state index contributed by atoms with van der Waals surface area (Å²) in [5.74, 6) is 0.738. The van der Waals surface area contributed by atoms with Crippen molar-refractivity contribution in [2.45, 2.75) is 13.8 Å². The van der Waals surface area contributed by atoms with E-state index in [2.05, 4.69) is 30.6 Å². The lowest BCUT2D eigenvalue weighted by molar-refractivity contribution is 0.270. The molecular weight excluding hydrogens is 148 g/mol. The van der Waals surface area contributed by atoms with Crippen molar-refractivity contribution in [3.05, 3.63) is 12.7 Å². The minimum absolute atomic E-state index is 0.738. The summed E-state index contributed by atoms with van der Waals surface area (Å²) >= 11 is 0. The Labute approximate surface area is 76.6 Å². The molecule has 0 aliphatic rings. The Morgan fingerprint density at radius 2 is 2.17 bits per heavy atom. The summed E-state index contributed by atoms with van der Waals surface area (Å²) in [4.78, 5) is 2.41. The van der Waals surface area contributed by atoms with Gasteiger partial charge in [-0.3, -0.25) is 4.90 Å². The molecule has 1 N–H and O–H groups in total. The van der Waals surface area contributed by atoms with Crippen LogP contribution >= 0.6 is 0 Å². The van der Waals surface area contributed by atoms with Gasteiger partial charge < -0.3 is 5.32 Å². The zero-order valence-corrected chi connectivity index (χ0v) is 8.64. The van der Waals surface area contributed by atoms with Crippen molar-refractivity contribution in [3.8, 4) is 0 Å². The van der Waals surface area contributed by atoms with Gasteiger partial charge in [0.15, 0.2) is 0 Å². The van der Waals surface area contributed by atoms with Gasteiger partial charge in [-0.15, -0.1) is 6.58 Å². The van der Waals surface area contributed by atoms with Crippen molar-refractivity contribution >= 4 is 0 Å². The first-order chi connectivity index (χ1) is 5.70. The molecule has 0 fully saturated rings. The Kier molecular flexibility index (Phi) is 7.11. The predicted octanol–water partition coefficient (Wildman–Crippen LogP) is 1.35. The fraction of sp³-hybridized carbons (Fsp3) is 0.800. The van der Waals surface area contributed by atoms with Gasteiger partial charge >= 0.3 is 0 Å². The molecule has 0 aliphatic heterocycles. The second-order valence-electron chi connectivity index (χ2n) is 3.55. The summed E-state index contributed by atoms with van der Waals surface area (Å²) < 4.78 is 0. The molecule has 0 spiro atoms. The second kappa shape index (κ2) is 7.32. The lowest BCUT2D eigenvalue weighted by Crippen LogP contribution is -2.33. The Balaban J connectivity index is 3.61. The quantitative estimate of drug-likeness (QED) is 0.580. The van der Waals surface area contributed by atoms with E-state index in [0.29, 0.717) is 0 Å². The molecule has 0 atom stereocenters. The maximum atomic E-state index is 3.75. The molecule has 0 saturated carbocycles. The zero-order chi connectivity index (χ0) is 9.40. The van der Waals surface area contributed by atoms with E-state index in [-0.39, 0.29) is 0 Å². The SMILES string of the molecule is C=CCN(CCNC)CC(C)C. The molecule has 2 heteroatoms. The zero-order valence-electron chi connectivity index (χ0n) is 8.64. The monoisotopic (exact) mass is 170 g/mol. The molecule has 72 valence electrons. The van der Waals surface area contributed by atoms with Crippen LogP contribution in [-0.2, 0) is 0 Å². The Morgan fingerprint density at radius 1 is 1.50 bits per heavy atom. The first-order valence-electron chi connectivity index (χ1n) is 4.68. The maximum absolute atomic E-state index is 3.75. The number of hydrogen-bond donors (Lipinski definition) is 1. The van der Waals surface area contributed by atoms with Crippen molar-refractivity contribution in [3.63, 3.8) is 0 Å². The predicted molar refractivity (Wildman–Crippen MR) is 55.4 cm³/mol. The first-order valence-corrected chi connectivity index (χ1v) is 4.68. The molecule has 0 saturated heterocycles. The third kappa shape index (κ3) is 6.38. The van der Waals surface area contributed by atoms with Gasteiger partial charge in [0.05, 0.1) is 0 Å². The van der Waals surface area contributed by atoms with Crippen molar-refractivity contribution in [2.24, 2.45) is 5.92 Å². The molecule has 12 heavy (non-hydrogen) atoms. The van der Waals surface area contributed by atoms with Gasteiger partial charge in [0.25, 0.3) is 0 Å². The van der Waals surface area contributed by atoms with E-state index in [1.807, 2.05) is 13.1 Å². The van der Waals surface area contributed by atoms with Crippen LogP contribution in [-0.4, -0.2) is 38.1 Å². The molecule has 0 radical (unpaired) electrons. The number of hydrogen-bond acceptors (Lipinski definition) is 2. The van der Waals surface area contributed by atoms with E-state index in [9.17, 15) is 0 Å². The fourth-order valence-electron chi connectivity index (χ4n) is 1.23. The number of rotatable bonds is 7. The number of nitrogens with one attached hydrogen (secondary N) is 1. The summed E-state index contributed by atoms with van der Waals surface area (Å²) in [6.07, 6.45) is 1.97. The summed E-state index contributed by atoms with van der Waals surface area (Å²) in [5, 5.41) is 3.15. The molecule has 0 heterocycles. The molecular formula is C10H22N2. The van der Waals surface area contributed by atoms with Crippen LogP contribution in [0.15, 0.2) is 12.7 Å². The number of likely N-dealkylation sites (N-methyl/N-ethyl adjacent to an activating group) is 1. The van der Waals surface area contributed by atoms with Gasteiger partial charge in [-0.05, 0) is 13.0 Å². The summed E-state index contributed by atoms with van der Waals surface area (Å²) in [6.45, 7) is 12.6. The van der Waals surface area contributed by atoms with Crippen molar-refractivity contribution in [2.75, 3.05) is 33.2 Å². The molecule has 0 amide bonds. The Hall–Kier alpha value is -0.340. The average Bonchev–Trinajstić information content (AvgIpc) is 2.00. The highest BCUT2D eigenvalue weighted by Crippen LogP contribution is 1.97. The lowest BCUT2D eigenvalue weighted by atomic mass is 10.2. The van der Waals surface area contributed by atoms with Crippen LogP contribution in [0.3, 0.4) is 0 Å². The number of nitrogens with zero attached hydrogens (tertiary/aromatic N) is 1. The van der Waals surface area contributed by atoms with Gasteiger partial charge in [-0.25, -0.2) is 0 Å². The second-order valence-corrected chi connectivity index (χ2v) is 3.55. The van der Waals surface area contributed by atoms with E-state index in [1.54, 1.807) is 0 Å². The van der Waals surface area contributed by atoms with Crippen LogP contribution in [0.1, 0.15) is 13.8 Å². The molecule has 0 unspecified atom stereocenters. The van der Waals surface area contributed by atoms with Crippen LogP contribution in [0.5, 0.6) is 0 Å². The normalized spacial score (nSPS) is 11.1. The highest BCUT2D eigenvalue weighted by molar-refractivity contribution is 4.74. The molecule has 0 aromatic heterocycles. The minimum atomic E-state index is 0.738. The van der Waals surface area contributed by atoms with E-state index in [1.165, 1.54) is 0 Å². The van der Waals surface area contributed by atoms with Crippen molar-refractivity contribution in [1.29, 1.82) is 0 Å². The van der Waals surface area contributed by atoms with Gasteiger partial charge in [-0.2, -0.15) is 0 Å². The van der Waals surface area contributed by atoms with E-state index < -0.39 is 0 Å². The molecule has 0 rings (SSSR count).